The van der Waals surface area contributed by atoms with Crippen LogP contribution >= 0.6 is 11.6 Å². The van der Waals surface area contributed by atoms with Crippen LogP contribution in [0.2, 0.25) is 0 Å². The topological polar surface area (TPSA) is 96.6 Å². The predicted octanol–water partition coefficient (Wildman–Crippen LogP) is 2.14. The number of nitrogens with zero attached hydrogens (tertiary/aromatic N) is 3. The molecule has 0 aliphatic rings. The molecule has 1 unspecified atom stereocenters. The first-order chi connectivity index (χ1) is 10.5. The van der Waals surface area contributed by atoms with Crippen LogP contribution in [0.3, 0.4) is 0 Å². The Morgan fingerprint density at radius 2 is 1.96 bits per heavy atom. The lowest BCUT2D eigenvalue weighted by Gasteiger charge is -2.05. The second-order valence-corrected chi connectivity index (χ2v) is 4.34. The predicted molar refractivity (Wildman–Crippen MR) is 70.8 cm³/mol. The van der Waals surface area contributed by atoms with Gasteiger partial charge < -0.3 is 10.4 Å². The highest BCUT2D eigenvalue weighted by Gasteiger charge is 2.38. The highest BCUT2D eigenvalue weighted by molar-refractivity contribution is 6.31. The summed E-state index contributed by atoms with van der Waals surface area (Å²) in [6.07, 6.45) is -3.34. The summed E-state index contributed by atoms with van der Waals surface area (Å²) >= 11 is 5.01. The van der Waals surface area contributed by atoms with Crippen molar-refractivity contribution in [2.45, 2.75) is 18.7 Å². The molecule has 0 bridgehead atoms. The molecule has 0 radical (unpaired) electrons. The monoisotopic (exact) mass is 356 g/mol. The van der Waals surface area contributed by atoms with Gasteiger partial charge in [0.2, 0.25) is 0 Å². The molecular weight excluding hydrogens is 348 g/mol. The van der Waals surface area contributed by atoms with E-state index < -0.39 is 23.7 Å². The van der Waals surface area contributed by atoms with Crippen LogP contribution in [-0.4, -0.2) is 43.4 Å². The average molecular weight is 357 g/mol. The van der Waals surface area contributed by atoms with Gasteiger partial charge in [-0.25, -0.2) is 9.18 Å². The van der Waals surface area contributed by atoms with Crippen molar-refractivity contribution in [3.8, 4) is 0 Å². The van der Waals surface area contributed by atoms with Gasteiger partial charge in [0.05, 0.1) is 5.69 Å². The molecule has 2 N–H and O–H groups in total. The van der Waals surface area contributed by atoms with Gasteiger partial charge in [0.25, 0.3) is 11.5 Å². The molecule has 2 aromatic rings. The third-order valence-corrected chi connectivity index (χ3v) is 2.50. The fourth-order valence-corrected chi connectivity index (χ4v) is 1.37. The number of pyridine rings is 1. The minimum atomic E-state index is -5.08. The third-order valence-electron chi connectivity index (χ3n) is 2.30. The number of hydrogen-bond donors (Lipinski definition) is 2. The Morgan fingerprint density at radius 1 is 1.39 bits per heavy atom. The van der Waals surface area contributed by atoms with Crippen LogP contribution in [0, 0.1) is 6.92 Å². The molecule has 23 heavy (non-hydrogen) atoms. The van der Waals surface area contributed by atoms with E-state index in [1.807, 2.05) is 0 Å². The fourth-order valence-electron chi connectivity index (χ4n) is 1.32. The Balaban J connectivity index is 0.000000322. The van der Waals surface area contributed by atoms with E-state index in [9.17, 15) is 22.4 Å². The summed E-state index contributed by atoms with van der Waals surface area (Å²) in [7, 11) is 0. The standard InChI is InChI=1S/C9H8ClFN4O.C2HF3O2/c1-5-13-14-8-6(3-2-4-15(5)8)12-9(16)7(10)11;3-2(4,5)1(6)7/h2-4,7H,1H3,(H,12,16);(H,6,7). The maximum atomic E-state index is 12.5. The van der Waals surface area contributed by atoms with Crippen molar-refractivity contribution in [2.75, 3.05) is 5.32 Å². The molecule has 126 valence electrons. The zero-order valence-electron chi connectivity index (χ0n) is 11.3. The number of anilines is 1. The van der Waals surface area contributed by atoms with Gasteiger partial charge in [-0.1, -0.05) is 11.6 Å². The van der Waals surface area contributed by atoms with E-state index in [4.69, 9.17) is 21.5 Å². The number of aromatic nitrogens is 3. The van der Waals surface area contributed by atoms with Crippen molar-refractivity contribution in [3.05, 3.63) is 24.2 Å². The van der Waals surface area contributed by atoms with E-state index in [2.05, 4.69) is 15.5 Å². The van der Waals surface area contributed by atoms with Crippen LogP contribution in [0.4, 0.5) is 23.2 Å². The van der Waals surface area contributed by atoms with Crippen molar-refractivity contribution in [2.24, 2.45) is 0 Å². The normalized spacial score (nSPS) is 12.3. The number of carboxylic acid groups (broad SMARTS) is 1. The molecular formula is C11H9ClF4N4O3. The van der Waals surface area contributed by atoms with Gasteiger partial charge in [-0.2, -0.15) is 13.2 Å². The molecule has 0 fully saturated rings. The van der Waals surface area contributed by atoms with Gasteiger partial charge in [-0.3, -0.25) is 9.20 Å². The largest absolute Gasteiger partial charge is 0.490 e. The van der Waals surface area contributed by atoms with E-state index in [1.54, 1.807) is 29.7 Å². The lowest BCUT2D eigenvalue weighted by Crippen LogP contribution is -2.21. The molecule has 0 aromatic carbocycles. The smallest absolute Gasteiger partial charge is 0.475 e. The Hall–Kier alpha value is -2.43. The SMILES string of the molecule is Cc1nnc2c(NC(=O)C(F)Cl)cccn12.O=C(O)C(F)(F)F. The number of hydrogen-bond acceptors (Lipinski definition) is 4. The molecule has 12 heteroatoms. The number of aliphatic carboxylic acids is 1. The molecule has 1 amide bonds. The van der Waals surface area contributed by atoms with E-state index in [-0.39, 0.29) is 0 Å². The van der Waals surface area contributed by atoms with E-state index >= 15 is 0 Å². The zero-order chi connectivity index (χ0) is 17.8. The number of alkyl halides is 5. The summed E-state index contributed by atoms with van der Waals surface area (Å²) < 4.78 is 45.9. The van der Waals surface area contributed by atoms with E-state index in [0.29, 0.717) is 17.2 Å². The van der Waals surface area contributed by atoms with Gasteiger partial charge in [-0.05, 0) is 19.1 Å². The van der Waals surface area contributed by atoms with Crippen molar-refractivity contribution >= 4 is 34.8 Å². The number of aryl methyl sites for hydroxylation is 1. The number of rotatable bonds is 2. The van der Waals surface area contributed by atoms with Crippen LogP contribution in [0.1, 0.15) is 5.82 Å². The van der Waals surface area contributed by atoms with Crippen LogP contribution in [0.15, 0.2) is 18.3 Å². The summed E-state index contributed by atoms with van der Waals surface area (Å²) in [4.78, 5) is 20.0. The lowest BCUT2D eigenvalue weighted by atomic mass is 10.4. The van der Waals surface area contributed by atoms with Crippen molar-refractivity contribution in [1.29, 1.82) is 0 Å². The number of carboxylic acids is 1. The number of amides is 1. The number of carbonyl (C=O) groups is 2. The molecule has 0 saturated carbocycles. The maximum Gasteiger partial charge on any atom is 0.490 e. The van der Waals surface area contributed by atoms with E-state index in [0.717, 1.165) is 0 Å². The Kier molecular flexibility index (Phi) is 5.85. The molecule has 2 rings (SSSR count). The minimum absolute atomic E-state index is 0.372. The van der Waals surface area contributed by atoms with Gasteiger partial charge >= 0.3 is 12.1 Å². The molecule has 0 aliphatic heterocycles. The number of halogens is 5. The van der Waals surface area contributed by atoms with Gasteiger partial charge in [-0.15, -0.1) is 10.2 Å². The highest BCUT2D eigenvalue weighted by Crippen LogP contribution is 2.16. The van der Waals surface area contributed by atoms with Crippen molar-refractivity contribution < 1.29 is 32.3 Å². The quantitative estimate of drug-likeness (QED) is 0.635. The first-order valence-corrected chi connectivity index (χ1v) is 6.17. The number of fused-ring (bicyclic) bond motifs is 1. The van der Waals surface area contributed by atoms with Crippen LogP contribution < -0.4 is 5.32 Å². The second kappa shape index (κ2) is 7.22. The van der Waals surface area contributed by atoms with Crippen LogP contribution in [0.5, 0.6) is 0 Å². The highest BCUT2D eigenvalue weighted by atomic mass is 35.5. The molecule has 0 saturated heterocycles. The molecule has 7 nitrogen and oxygen atoms in total. The Morgan fingerprint density at radius 3 is 2.43 bits per heavy atom. The summed E-state index contributed by atoms with van der Waals surface area (Å²) in [6.45, 7) is 1.77. The maximum absolute atomic E-state index is 12.5. The van der Waals surface area contributed by atoms with Gasteiger partial charge in [0, 0.05) is 6.20 Å². The van der Waals surface area contributed by atoms with Gasteiger partial charge in [0.1, 0.15) is 5.82 Å². The van der Waals surface area contributed by atoms with Crippen molar-refractivity contribution in [3.63, 3.8) is 0 Å². The van der Waals surface area contributed by atoms with Crippen LogP contribution in [0.25, 0.3) is 5.65 Å². The van der Waals surface area contributed by atoms with E-state index in [1.165, 1.54) is 0 Å². The summed E-state index contributed by atoms with van der Waals surface area (Å²) in [5.74, 6) is -3.00. The molecule has 0 aliphatic carbocycles. The zero-order valence-corrected chi connectivity index (χ0v) is 12.1. The molecule has 0 spiro atoms. The summed E-state index contributed by atoms with van der Waals surface area (Å²) in [5.41, 5.74) is -1.26. The summed E-state index contributed by atoms with van der Waals surface area (Å²) in [6, 6.07) is 3.29. The third kappa shape index (κ3) is 5.06. The Labute approximate surface area is 130 Å². The first kappa shape index (κ1) is 18.6. The molecule has 1 atom stereocenters. The average Bonchev–Trinajstić information content (AvgIpc) is 2.81. The van der Waals surface area contributed by atoms with Crippen molar-refractivity contribution in [1.82, 2.24) is 14.6 Å². The van der Waals surface area contributed by atoms with Gasteiger partial charge in [0.15, 0.2) is 5.65 Å². The minimum Gasteiger partial charge on any atom is -0.475 e. The second-order valence-electron chi connectivity index (χ2n) is 3.96. The van der Waals surface area contributed by atoms with Crippen LogP contribution in [-0.2, 0) is 9.59 Å². The number of carbonyl (C=O) groups excluding carboxylic acids is 1. The Bertz CT molecular complexity index is 717. The first-order valence-electron chi connectivity index (χ1n) is 5.73. The fraction of sp³-hybridized carbons (Fsp3) is 0.273. The summed E-state index contributed by atoms with van der Waals surface area (Å²) in [5, 5.41) is 17.2. The lowest BCUT2D eigenvalue weighted by molar-refractivity contribution is -0.192. The number of nitrogens with one attached hydrogen (secondary N) is 1. The molecule has 2 heterocycles. The molecule has 2 aromatic heterocycles.